The zero-order valence-electron chi connectivity index (χ0n) is 12.3. The van der Waals surface area contributed by atoms with Crippen molar-refractivity contribution in [1.29, 1.82) is 0 Å². The highest BCUT2D eigenvalue weighted by Crippen LogP contribution is 2.35. The van der Waals surface area contributed by atoms with Gasteiger partial charge < -0.3 is 9.64 Å². The molecule has 3 N–H and O–H groups in total. The number of halogens is 1. The maximum absolute atomic E-state index is 6.33. The van der Waals surface area contributed by atoms with Gasteiger partial charge in [0.15, 0.2) is 0 Å². The number of rotatable bonds is 6. The molecule has 114 valence electrons. The lowest BCUT2D eigenvalue weighted by molar-refractivity contribution is 0.0942. The number of aromatic nitrogens is 2. The van der Waals surface area contributed by atoms with Crippen LogP contribution in [0.1, 0.15) is 25.1 Å². The van der Waals surface area contributed by atoms with Crippen LogP contribution in [0.15, 0.2) is 6.20 Å². The van der Waals surface area contributed by atoms with Gasteiger partial charge in [-0.3, -0.25) is 16.0 Å². The van der Waals surface area contributed by atoms with E-state index in [4.69, 9.17) is 22.2 Å². The van der Waals surface area contributed by atoms with Crippen molar-refractivity contribution in [3.63, 3.8) is 0 Å². The molecular formula is C13H24ClN5O. The lowest BCUT2D eigenvalue weighted by atomic mass is 9.91. The maximum Gasteiger partial charge on any atom is 0.0834 e. The molecule has 1 aromatic heterocycles. The number of hydrazine groups is 1. The zero-order valence-corrected chi connectivity index (χ0v) is 13.1. The fourth-order valence-electron chi connectivity index (χ4n) is 2.75. The lowest BCUT2D eigenvalue weighted by Crippen LogP contribution is -2.38. The number of nitrogens with zero attached hydrogens (tertiary/aromatic N) is 3. The number of hydrogen-bond acceptors (Lipinski definition) is 5. The summed E-state index contributed by atoms with van der Waals surface area (Å²) in [6.07, 6.45) is 2.84. The van der Waals surface area contributed by atoms with Crippen molar-refractivity contribution in [2.75, 3.05) is 27.2 Å². The van der Waals surface area contributed by atoms with E-state index in [9.17, 15) is 0 Å². The van der Waals surface area contributed by atoms with Gasteiger partial charge in [0.25, 0.3) is 0 Å². The third-order valence-electron chi connectivity index (χ3n) is 3.93. The minimum absolute atomic E-state index is 0.0373. The Bertz CT molecular complexity index is 436. The first-order valence-electron chi connectivity index (χ1n) is 6.98. The normalized spacial score (nSPS) is 24.5. The first-order chi connectivity index (χ1) is 9.54. The summed E-state index contributed by atoms with van der Waals surface area (Å²) in [5.41, 5.74) is 3.86. The smallest absolute Gasteiger partial charge is 0.0834 e. The molecule has 1 saturated heterocycles. The third-order valence-corrected chi connectivity index (χ3v) is 4.22. The van der Waals surface area contributed by atoms with E-state index in [0.717, 1.165) is 31.8 Å². The largest absolute Gasteiger partial charge is 0.378 e. The van der Waals surface area contributed by atoms with E-state index in [2.05, 4.69) is 22.3 Å². The Morgan fingerprint density at radius 2 is 2.40 bits per heavy atom. The Labute approximate surface area is 125 Å². The average molecular weight is 302 g/mol. The van der Waals surface area contributed by atoms with Gasteiger partial charge in [0.1, 0.15) is 0 Å². The van der Waals surface area contributed by atoms with Gasteiger partial charge in [-0.1, -0.05) is 11.6 Å². The summed E-state index contributed by atoms with van der Waals surface area (Å²) >= 11 is 6.33. The molecule has 0 aromatic carbocycles. The summed E-state index contributed by atoms with van der Waals surface area (Å²) in [6.45, 7) is 4.54. The van der Waals surface area contributed by atoms with Gasteiger partial charge in [0.05, 0.1) is 35.6 Å². The van der Waals surface area contributed by atoms with E-state index in [-0.39, 0.29) is 12.1 Å². The van der Waals surface area contributed by atoms with Crippen molar-refractivity contribution >= 4 is 11.6 Å². The molecule has 1 aliphatic heterocycles. The predicted octanol–water partition coefficient (Wildman–Crippen LogP) is 1.03. The quantitative estimate of drug-likeness (QED) is 0.607. The molecule has 3 atom stereocenters. The van der Waals surface area contributed by atoms with E-state index >= 15 is 0 Å². The summed E-state index contributed by atoms with van der Waals surface area (Å²) in [4.78, 5) is 2.12. The van der Waals surface area contributed by atoms with Crippen LogP contribution in [0.2, 0.25) is 5.02 Å². The fraction of sp³-hybridized carbons (Fsp3) is 0.769. The molecule has 1 fully saturated rings. The first kappa shape index (κ1) is 15.7. The van der Waals surface area contributed by atoms with Gasteiger partial charge in [-0.2, -0.15) is 5.10 Å². The van der Waals surface area contributed by atoms with Crippen LogP contribution in [0, 0.1) is 5.92 Å². The molecule has 2 heterocycles. The van der Waals surface area contributed by atoms with Crippen LogP contribution in [-0.4, -0.2) is 48.0 Å². The van der Waals surface area contributed by atoms with Crippen LogP contribution < -0.4 is 11.3 Å². The SMILES string of the molecule is CC1OCCC1C(NN)c1c(Cl)cnn1CCN(C)C. The van der Waals surface area contributed by atoms with Gasteiger partial charge >= 0.3 is 0 Å². The second kappa shape index (κ2) is 6.87. The molecule has 1 aromatic rings. The van der Waals surface area contributed by atoms with Crippen molar-refractivity contribution in [1.82, 2.24) is 20.1 Å². The Hall–Kier alpha value is -0.660. The Morgan fingerprint density at radius 3 is 2.95 bits per heavy atom. The number of hydrogen-bond donors (Lipinski definition) is 2. The zero-order chi connectivity index (χ0) is 14.7. The average Bonchev–Trinajstić information content (AvgIpc) is 2.97. The van der Waals surface area contributed by atoms with Crippen LogP contribution in [-0.2, 0) is 11.3 Å². The van der Waals surface area contributed by atoms with E-state index < -0.39 is 0 Å². The molecule has 0 amide bonds. The molecule has 7 heteroatoms. The summed E-state index contributed by atoms with van der Waals surface area (Å²) in [5, 5.41) is 5.03. The van der Waals surface area contributed by atoms with Crippen LogP contribution in [0.5, 0.6) is 0 Å². The molecule has 0 spiro atoms. The molecule has 2 rings (SSSR count). The van der Waals surface area contributed by atoms with Crippen molar-refractivity contribution < 1.29 is 4.74 Å². The molecule has 6 nitrogen and oxygen atoms in total. The summed E-state index contributed by atoms with van der Waals surface area (Å²) in [5.74, 6) is 6.10. The fourth-order valence-corrected chi connectivity index (χ4v) is 3.00. The highest BCUT2D eigenvalue weighted by atomic mass is 35.5. The standard InChI is InChI=1S/C13H24ClN5O/c1-9-10(4-7-20-9)12(17-15)13-11(14)8-16-19(13)6-5-18(2)3/h8-10,12,17H,4-7,15H2,1-3H3. The molecule has 0 saturated carbocycles. The maximum atomic E-state index is 6.33. The molecule has 20 heavy (non-hydrogen) atoms. The third kappa shape index (κ3) is 3.32. The lowest BCUT2D eigenvalue weighted by Gasteiger charge is -2.26. The number of nitrogens with two attached hydrogens (primary N) is 1. The molecule has 0 aliphatic carbocycles. The van der Waals surface area contributed by atoms with E-state index in [0.29, 0.717) is 10.9 Å². The van der Waals surface area contributed by atoms with Gasteiger partial charge in [-0.25, -0.2) is 0 Å². The van der Waals surface area contributed by atoms with Gasteiger partial charge in [0, 0.05) is 19.1 Å². The number of ether oxygens (including phenoxy) is 1. The van der Waals surface area contributed by atoms with Crippen LogP contribution in [0.25, 0.3) is 0 Å². The first-order valence-corrected chi connectivity index (χ1v) is 7.36. The van der Waals surface area contributed by atoms with Crippen LogP contribution in [0.3, 0.4) is 0 Å². The van der Waals surface area contributed by atoms with Crippen molar-refractivity contribution in [3.05, 3.63) is 16.9 Å². The minimum Gasteiger partial charge on any atom is -0.378 e. The second-order valence-corrected chi connectivity index (χ2v) is 5.98. The molecule has 0 bridgehead atoms. The van der Waals surface area contributed by atoms with E-state index in [1.807, 2.05) is 18.8 Å². The summed E-state index contributed by atoms with van der Waals surface area (Å²) < 4.78 is 7.59. The Balaban J connectivity index is 2.22. The number of nitrogens with one attached hydrogen (secondary N) is 1. The van der Waals surface area contributed by atoms with Crippen molar-refractivity contribution in [2.45, 2.75) is 32.0 Å². The highest BCUT2D eigenvalue weighted by molar-refractivity contribution is 6.31. The molecule has 0 radical (unpaired) electrons. The molecular weight excluding hydrogens is 278 g/mol. The Kier molecular flexibility index (Phi) is 5.40. The molecule has 1 aliphatic rings. The topological polar surface area (TPSA) is 68.3 Å². The predicted molar refractivity (Wildman–Crippen MR) is 79.4 cm³/mol. The van der Waals surface area contributed by atoms with Crippen LogP contribution >= 0.6 is 11.6 Å². The second-order valence-electron chi connectivity index (χ2n) is 5.58. The van der Waals surface area contributed by atoms with Crippen molar-refractivity contribution in [3.8, 4) is 0 Å². The van der Waals surface area contributed by atoms with Gasteiger partial charge in [-0.15, -0.1) is 0 Å². The van der Waals surface area contributed by atoms with Crippen molar-refractivity contribution in [2.24, 2.45) is 11.8 Å². The van der Waals surface area contributed by atoms with Crippen LogP contribution in [0.4, 0.5) is 0 Å². The number of likely N-dealkylation sites (N-methyl/N-ethyl adjacent to an activating group) is 1. The molecule has 3 unspecified atom stereocenters. The minimum atomic E-state index is -0.0373. The highest BCUT2D eigenvalue weighted by Gasteiger charge is 2.35. The monoisotopic (exact) mass is 301 g/mol. The summed E-state index contributed by atoms with van der Waals surface area (Å²) in [6, 6.07) is -0.0373. The van der Waals surface area contributed by atoms with Gasteiger partial charge in [0.2, 0.25) is 0 Å². The van der Waals surface area contributed by atoms with E-state index in [1.165, 1.54) is 0 Å². The van der Waals surface area contributed by atoms with Gasteiger partial charge in [-0.05, 0) is 27.4 Å². The van der Waals surface area contributed by atoms with E-state index in [1.54, 1.807) is 6.20 Å². The summed E-state index contributed by atoms with van der Waals surface area (Å²) in [7, 11) is 4.08. The Morgan fingerprint density at radius 1 is 1.65 bits per heavy atom.